The summed E-state index contributed by atoms with van der Waals surface area (Å²) in [6, 6.07) is -1.01. The Balaban J connectivity index is 1.02. The van der Waals surface area contributed by atoms with Crippen LogP contribution in [0.4, 0.5) is 4.79 Å². The summed E-state index contributed by atoms with van der Waals surface area (Å²) in [6.07, 6.45) is 8.62. The highest BCUT2D eigenvalue weighted by Gasteiger charge is 2.71. The molecule has 286 valence electrons. The number of amides is 1. The second kappa shape index (κ2) is 14.1. The molecule has 0 aromatic heterocycles. The standard InChI is InChI=1S/C41H64N2O8/c1-23(2)19-30(43-37(48)51-38(4,5)6)36(47)31(44)13-14-34(46)49-26-15-17-39(7)25(20-26)11-12-27-28(39)22-33(45)40(8)29(27)21-32-35(40)24(3)41(50-32)16-9-10-18-42-41/h23-30,32,35,42H,9-22H2,1-8H3,(H,43,48)/t24-,25-,26-,27?,28?,29?,30-,32?,35?,39-,40+,41+/m0/s1. The first-order valence-electron chi connectivity index (χ1n) is 20.1. The molecule has 6 fully saturated rings. The SMILES string of the molecule is CC(C)C[C@H](NC(=O)OC(C)(C)C)C(=O)C(=O)CCC(=O)O[C@H]1CC[C@]2(C)C3CC(=O)[C@@]4(C)C(CC5O[C@]6(CCCCN6)[C@@H](C)C54)C3CC[C@H]2C1. The highest BCUT2D eigenvalue weighted by atomic mass is 16.6. The number of hydrogen-bond acceptors (Lipinski definition) is 9. The molecule has 2 heterocycles. The van der Waals surface area contributed by atoms with Crippen LogP contribution in [0, 0.1) is 52.3 Å². The molecule has 0 bridgehead atoms. The Morgan fingerprint density at radius 2 is 1.75 bits per heavy atom. The lowest BCUT2D eigenvalue weighted by atomic mass is 9.44. The van der Waals surface area contributed by atoms with Crippen LogP contribution in [0.25, 0.3) is 0 Å². The van der Waals surface area contributed by atoms with Crippen molar-refractivity contribution in [1.82, 2.24) is 10.6 Å². The molecule has 4 saturated carbocycles. The molecular formula is C41H64N2O8. The van der Waals surface area contributed by atoms with E-state index < -0.39 is 35.3 Å². The number of Topliss-reactive ketones (excluding diaryl/α,β-unsaturated/α-hetero) is 3. The summed E-state index contributed by atoms with van der Waals surface area (Å²) in [7, 11) is 0. The topological polar surface area (TPSA) is 137 Å². The van der Waals surface area contributed by atoms with E-state index in [1.807, 2.05) is 13.8 Å². The van der Waals surface area contributed by atoms with Crippen molar-refractivity contribution in [1.29, 1.82) is 0 Å². The molecule has 0 aromatic carbocycles. The Kier molecular flexibility index (Phi) is 10.7. The number of esters is 1. The molecule has 5 unspecified atom stereocenters. The molecule has 6 aliphatic rings. The third kappa shape index (κ3) is 7.18. The normalized spacial score (nSPS) is 40.8. The summed E-state index contributed by atoms with van der Waals surface area (Å²) in [6.45, 7) is 17.0. The third-order valence-corrected chi connectivity index (χ3v) is 14.4. The second-order valence-electron chi connectivity index (χ2n) is 19.0. The minimum Gasteiger partial charge on any atom is -0.462 e. The molecule has 12 atom stereocenters. The van der Waals surface area contributed by atoms with Gasteiger partial charge in [0.05, 0.1) is 18.6 Å². The van der Waals surface area contributed by atoms with Gasteiger partial charge in [0.15, 0.2) is 0 Å². The van der Waals surface area contributed by atoms with Gasteiger partial charge in [0.1, 0.15) is 23.2 Å². The number of rotatable bonds is 9. The number of piperidine rings is 1. The van der Waals surface area contributed by atoms with Crippen molar-refractivity contribution in [3.63, 3.8) is 0 Å². The lowest BCUT2D eigenvalue weighted by molar-refractivity contribution is -0.169. The lowest BCUT2D eigenvalue weighted by Crippen LogP contribution is -2.59. The summed E-state index contributed by atoms with van der Waals surface area (Å²) in [4.78, 5) is 65.7. The fourth-order valence-corrected chi connectivity index (χ4v) is 12.0. The molecule has 0 aromatic rings. The van der Waals surface area contributed by atoms with Crippen LogP contribution in [-0.2, 0) is 33.4 Å². The van der Waals surface area contributed by atoms with E-state index in [0.717, 1.165) is 51.5 Å². The van der Waals surface area contributed by atoms with Crippen molar-refractivity contribution >= 4 is 29.4 Å². The van der Waals surface area contributed by atoms with E-state index >= 15 is 0 Å². The van der Waals surface area contributed by atoms with Gasteiger partial charge in [-0.05, 0) is 127 Å². The molecule has 6 rings (SSSR count). The molecular weight excluding hydrogens is 648 g/mol. The Hall–Kier alpha value is -2.33. The number of hydrogen-bond donors (Lipinski definition) is 2. The van der Waals surface area contributed by atoms with Crippen LogP contribution < -0.4 is 10.6 Å². The van der Waals surface area contributed by atoms with Crippen LogP contribution in [0.5, 0.6) is 0 Å². The first-order chi connectivity index (χ1) is 23.9. The van der Waals surface area contributed by atoms with Gasteiger partial charge in [-0.3, -0.25) is 24.5 Å². The highest BCUT2D eigenvalue weighted by molar-refractivity contribution is 6.39. The van der Waals surface area contributed by atoms with E-state index in [9.17, 15) is 24.0 Å². The summed E-state index contributed by atoms with van der Waals surface area (Å²) >= 11 is 0. The minimum atomic E-state index is -1.01. The maximum Gasteiger partial charge on any atom is 0.408 e. The largest absolute Gasteiger partial charge is 0.462 e. The number of ketones is 3. The number of alkyl carbamates (subject to hydrolysis) is 1. The number of nitrogens with one attached hydrogen (secondary N) is 2. The summed E-state index contributed by atoms with van der Waals surface area (Å²) < 4.78 is 18.2. The highest BCUT2D eigenvalue weighted by Crippen LogP contribution is 2.70. The molecule has 51 heavy (non-hydrogen) atoms. The molecule has 0 radical (unpaired) electrons. The maximum atomic E-state index is 14.4. The molecule has 10 heteroatoms. The molecule has 2 saturated heterocycles. The number of fused-ring (bicyclic) bond motifs is 7. The monoisotopic (exact) mass is 712 g/mol. The Bertz CT molecular complexity index is 1380. The summed E-state index contributed by atoms with van der Waals surface area (Å²) in [5, 5.41) is 6.29. The van der Waals surface area contributed by atoms with Gasteiger partial charge in [0, 0.05) is 30.1 Å². The summed E-state index contributed by atoms with van der Waals surface area (Å²) in [5.74, 6) is 0.769. The Morgan fingerprint density at radius 3 is 2.41 bits per heavy atom. The first kappa shape index (κ1) is 38.4. The Morgan fingerprint density at radius 1 is 1.00 bits per heavy atom. The molecule has 2 N–H and O–H groups in total. The van der Waals surface area contributed by atoms with E-state index in [0.29, 0.717) is 41.8 Å². The number of carbonyl (C=O) groups excluding carboxylic acids is 5. The Labute approximate surface area is 305 Å². The predicted octanol–water partition coefficient (Wildman–Crippen LogP) is 6.71. The van der Waals surface area contributed by atoms with Gasteiger partial charge in [-0.1, -0.05) is 34.6 Å². The van der Waals surface area contributed by atoms with E-state index in [4.69, 9.17) is 14.2 Å². The fourth-order valence-electron chi connectivity index (χ4n) is 12.0. The fraction of sp³-hybridized carbons (Fsp3) is 0.878. The molecule has 10 nitrogen and oxygen atoms in total. The van der Waals surface area contributed by atoms with Crippen molar-refractivity contribution < 1.29 is 38.2 Å². The zero-order chi connectivity index (χ0) is 37.1. The van der Waals surface area contributed by atoms with Crippen LogP contribution in [-0.4, -0.2) is 65.5 Å². The van der Waals surface area contributed by atoms with Gasteiger partial charge in [-0.15, -0.1) is 0 Å². The van der Waals surface area contributed by atoms with Gasteiger partial charge in [0.25, 0.3) is 0 Å². The van der Waals surface area contributed by atoms with Crippen molar-refractivity contribution in [3.8, 4) is 0 Å². The quantitative estimate of drug-likeness (QED) is 0.198. The van der Waals surface area contributed by atoms with Crippen LogP contribution in [0.1, 0.15) is 139 Å². The van der Waals surface area contributed by atoms with Crippen LogP contribution in [0.15, 0.2) is 0 Å². The van der Waals surface area contributed by atoms with Crippen molar-refractivity contribution in [2.75, 3.05) is 6.54 Å². The average Bonchev–Trinajstić information content (AvgIpc) is 3.49. The van der Waals surface area contributed by atoms with Gasteiger partial charge < -0.3 is 19.5 Å². The summed E-state index contributed by atoms with van der Waals surface area (Å²) in [5.41, 5.74) is -1.32. The zero-order valence-electron chi connectivity index (χ0n) is 32.4. The second-order valence-corrected chi connectivity index (χ2v) is 19.0. The lowest BCUT2D eigenvalue weighted by Gasteiger charge is -2.60. The van der Waals surface area contributed by atoms with E-state index in [1.54, 1.807) is 20.8 Å². The number of ether oxygens (including phenoxy) is 3. The third-order valence-electron chi connectivity index (χ3n) is 14.4. The first-order valence-corrected chi connectivity index (χ1v) is 20.1. The smallest absolute Gasteiger partial charge is 0.408 e. The predicted molar refractivity (Wildman–Crippen MR) is 191 cm³/mol. The van der Waals surface area contributed by atoms with Crippen LogP contribution in [0.2, 0.25) is 0 Å². The van der Waals surface area contributed by atoms with Crippen molar-refractivity contribution in [3.05, 3.63) is 0 Å². The van der Waals surface area contributed by atoms with Gasteiger partial charge in [-0.25, -0.2) is 4.79 Å². The van der Waals surface area contributed by atoms with Gasteiger partial charge in [0.2, 0.25) is 11.6 Å². The molecule has 1 spiro atoms. The average molecular weight is 713 g/mol. The van der Waals surface area contributed by atoms with E-state index in [1.165, 1.54) is 12.8 Å². The van der Waals surface area contributed by atoms with Crippen molar-refractivity contribution in [2.45, 2.75) is 168 Å². The van der Waals surface area contributed by atoms with Gasteiger partial charge in [-0.2, -0.15) is 0 Å². The van der Waals surface area contributed by atoms with E-state index in [-0.39, 0.29) is 59.9 Å². The zero-order valence-corrected chi connectivity index (χ0v) is 32.4. The minimum absolute atomic E-state index is 0.0219. The van der Waals surface area contributed by atoms with E-state index in [2.05, 4.69) is 31.4 Å². The van der Waals surface area contributed by atoms with Crippen molar-refractivity contribution in [2.24, 2.45) is 52.3 Å². The van der Waals surface area contributed by atoms with Crippen LogP contribution >= 0.6 is 0 Å². The van der Waals surface area contributed by atoms with Gasteiger partial charge >= 0.3 is 12.1 Å². The maximum absolute atomic E-state index is 14.4. The molecule has 4 aliphatic carbocycles. The molecule has 2 aliphatic heterocycles. The van der Waals surface area contributed by atoms with Crippen LogP contribution in [0.3, 0.4) is 0 Å². The number of carbonyl (C=O) groups is 5. The molecule has 1 amide bonds.